The van der Waals surface area contributed by atoms with Crippen LogP contribution in [0.4, 0.5) is 5.69 Å². The molecule has 1 aliphatic heterocycles. The van der Waals surface area contributed by atoms with Crippen LogP contribution in [-0.2, 0) is 24.8 Å². The molecule has 0 atom stereocenters. The number of carbonyl (C=O) groups is 1. The Kier molecular flexibility index (Phi) is 9.20. The molecule has 12 heteroatoms. The van der Waals surface area contributed by atoms with Crippen molar-refractivity contribution in [2.75, 3.05) is 50.5 Å². The second kappa shape index (κ2) is 11.9. The molecule has 36 heavy (non-hydrogen) atoms. The highest BCUT2D eigenvalue weighted by Crippen LogP contribution is 2.30. The van der Waals surface area contributed by atoms with Crippen molar-refractivity contribution in [1.29, 1.82) is 0 Å². The maximum Gasteiger partial charge on any atom is 0.243 e. The number of aryl methyl sites for hydroxylation is 1. The minimum Gasteiger partial charge on any atom is -0.495 e. The number of sulfonamides is 2. The Morgan fingerprint density at radius 2 is 1.69 bits per heavy atom. The van der Waals surface area contributed by atoms with Crippen molar-refractivity contribution in [2.24, 2.45) is 0 Å². The predicted molar refractivity (Wildman–Crippen MR) is 137 cm³/mol. The highest BCUT2D eigenvalue weighted by atomic mass is 32.2. The lowest BCUT2D eigenvalue weighted by Gasteiger charge is -2.25. The van der Waals surface area contributed by atoms with Crippen LogP contribution in [0.25, 0.3) is 0 Å². The SMILES string of the molecule is COc1ccc(C)cc1N(CC(=O)NCCOc1ccc(S(=O)(=O)N2CCCCC2)cc1)S(C)(=O)=O. The van der Waals surface area contributed by atoms with Gasteiger partial charge in [0, 0.05) is 13.1 Å². The monoisotopic (exact) mass is 539 g/mol. The van der Waals surface area contributed by atoms with Crippen molar-refractivity contribution in [3.63, 3.8) is 0 Å². The maximum atomic E-state index is 12.7. The number of amides is 1. The summed E-state index contributed by atoms with van der Waals surface area (Å²) >= 11 is 0. The molecule has 1 heterocycles. The van der Waals surface area contributed by atoms with Gasteiger partial charge in [0.05, 0.1) is 30.5 Å². The number of piperidine rings is 1. The summed E-state index contributed by atoms with van der Waals surface area (Å²) in [5, 5.41) is 2.64. The molecule has 1 amide bonds. The topological polar surface area (TPSA) is 122 Å². The minimum atomic E-state index is -3.75. The van der Waals surface area contributed by atoms with Crippen LogP contribution in [0.2, 0.25) is 0 Å². The molecule has 0 unspecified atom stereocenters. The van der Waals surface area contributed by atoms with Crippen LogP contribution >= 0.6 is 0 Å². The molecule has 1 fully saturated rings. The fourth-order valence-corrected chi connectivity index (χ4v) is 6.25. The first-order valence-electron chi connectivity index (χ1n) is 11.6. The van der Waals surface area contributed by atoms with E-state index in [9.17, 15) is 21.6 Å². The maximum absolute atomic E-state index is 12.7. The van der Waals surface area contributed by atoms with Crippen molar-refractivity contribution < 1.29 is 31.1 Å². The number of anilines is 1. The first kappa shape index (κ1) is 27.8. The van der Waals surface area contributed by atoms with Gasteiger partial charge in [-0.05, 0) is 61.7 Å². The number of hydrogen-bond donors (Lipinski definition) is 1. The minimum absolute atomic E-state index is 0.122. The molecule has 1 N–H and O–H groups in total. The van der Waals surface area contributed by atoms with E-state index in [4.69, 9.17) is 9.47 Å². The lowest BCUT2D eigenvalue weighted by Crippen LogP contribution is -2.41. The van der Waals surface area contributed by atoms with Gasteiger partial charge in [0.25, 0.3) is 0 Å². The summed E-state index contributed by atoms with van der Waals surface area (Å²) in [4.78, 5) is 12.7. The van der Waals surface area contributed by atoms with E-state index >= 15 is 0 Å². The molecule has 2 aromatic carbocycles. The van der Waals surface area contributed by atoms with Crippen LogP contribution in [0.3, 0.4) is 0 Å². The zero-order valence-electron chi connectivity index (χ0n) is 20.8. The fourth-order valence-electron chi connectivity index (χ4n) is 3.88. The Hall–Kier alpha value is -2.83. The highest BCUT2D eigenvalue weighted by molar-refractivity contribution is 7.92. The van der Waals surface area contributed by atoms with E-state index in [2.05, 4.69) is 5.32 Å². The van der Waals surface area contributed by atoms with Crippen LogP contribution < -0.4 is 19.1 Å². The Balaban J connectivity index is 1.53. The molecule has 1 saturated heterocycles. The van der Waals surface area contributed by atoms with Gasteiger partial charge in [0.2, 0.25) is 26.0 Å². The van der Waals surface area contributed by atoms with E-state index < -0.39 is 32.5 Å². The average molecular weight is 540 g/mol. The number of nitrogens with one attached hydrogen (secondary N) is 1. The number of hydrogen-bond acceptors (Lipinski definition) is 7. The molecular weight excluding hydrogens is 506 g/mol. The molecule has 2 aromatic rings. The van der Waals surface area contributed by atoms with Crippen LogP contribution in [0.15, 0.2) is 47.4 Å². The van der Waals surface area contributed by atoms with Gasteiger partial charge in [0.1, 0.15) is 24.7 Å². The third-order valence-corrected chi connectivity index (χ3v) is 8.80. The van der Waals surface area contributed by atoms with Crippen molar-refractivity contribution in [3.8, 4) is 11.5 Å². The van der Waals surface area contributed by atoms with E-state index in [1.54, 1.807) is 30.3 Å². The molecule has 0 saturated carbocycles. The van der Waals surface area contributed by atoms with Crippen molar-refractivity contribution in [1.82, 2.24) is 9.62 Å². The van der Waals surface area contributed by atoms with Gasteiger partial charge in [0.15, 0.2) is 0 Å². The van der Waals surface area contributed by atoms with Gasteiger partial charge >= 0.3 is 0 Å². The number of methoxy groups -OCH3 is 1. The third-order valence-electron chi connectivity index (χ3n) is 5.76. The molecule has 198 valence electrons. The van der Waals surface area contributed by atoms with E-state index in [1.807, 2.05) is 6.92 Å². The molecule has 0 aliphatic carbocycles. The van der Waals surface area contributed by atoms with Crippen LogP contribution in [0.1, 0.15) is 24.8 Å². The van der Waals surface area contributed by atoms with Gasteiger partial charge in [-0.15, -0.1) is 0 Å². The molecule has 0 bridgehead atoms. The normalized spacial score (nSPS) is 14.8. The van der Waals surface area contributed by atoms with Gasteiger partial charge in [-0.2, -0.15) is 4.31 Å². The van der Waals surface area contributed by atoms with E-state index in [-0.39, 0.29) is 23.7 Å². The second-order valence-electron chi connectivity index (χ2n) is 8.58. The Bertz CT molecular complexity index is 1260. The van der Waals surface area contributed by atoms with E-state index in [0.717, 1.165) is 35.4 Å². The molecule has 1 aliphatic rings. The largest absolute Gasteiger partial charge is 0.495 e. The lowest BCUT2D eigenvalue weighted by atomic mass is 10.2. The van der Waals surface area contributed by atoms with Crippen LogP contribution in [0.5, 0.6) is 11.5 Å². The van der Waals surface area contributed by atoms with Gasteiger partial charge < -0.3 is 14.8 Å². The molecular formula is C24H33N3O7S2. The standard InChI is InChI=1S/C24H33N3O7S2/c1-19-7-12-23(33-2)22(17-19)27(35(3,29)30)18-24(28)25-13-16-34-20-8-10-21(11-9-20)36(31,32)26-14-5-4-6-15-26/h7-12,17H,4-6,13-16,18H2,1-3H3,(H,25,28). The summed E-state index contributed by atoms with van der Waals surface area (Å²) in [6, 6.07) is 11.3. The Morgan fingerprint density at radius 1 is 1.03 bits per heavy atom. The van der Waals surface area contributed by atoms with Gasteiger partial charge in [-0.3, -0.25) is 9.10 Å². The van der Waals surface area contributed by atoms with Crippen LogP contribution in [0, 0.1) is 6.92 Å². The lowest BCUT2D eigenvalue weighted by molar-refractivity contribution is -0.119. The molecule has 0 aromatic heterocycles. The Labute approximate surface area is 213 Å². The Morgan fingerprint density at radius 3 is 2.31 bits per heavy atom. The van der Waals surface area contributed by atoms with E-state index in [0.29, 0.717) is 24.6 Å². The molecule has 0 spiro atoms. The zero-order chi connectivity index (χ0) is 26.3. The highest BCUT2D eigenvalue weighted by Gasteiger charge is 2.26. The predicted octanol–water partition coefficient (Wildman–Crippen LogP) is 2.14. The smallest absolute Gasteiger partial charge is 0.243 e. The van der Waals surface area contributed by atoms with Crippen molar-refractivity contribution >= 4 is 31.6 Å². The quantitative estimate of drug-likeness (QED) is 0.434. The number of carbonyl (C=O) groups excluding carboxylic acids is 1. The number of ether oxygens (including phenoxy) is 2. The van der Waals surface area contributed by atoms with Gasteiger partial charge in [-0.1, -0.05) is 12.5 Å². The summed E-state index contributed by atoms with van der Waals surface area (Å²) in [5.41, 5.74) is 1.11. The summed E-state index contributed by atoms with van der Waals surface area (Å²) in [7, 11) is -5.83. The van der Waals surface area contributed by atoms with Gasteiger partial charge in [-0.25, -0.2) is 16.8 Å². The van der Waals surface area contributed by atoms with E-state index in [1.165, 1.54) is 23.5 Å². The van der Waals surface area contributed by atoms with Crippen LogP contribution in [-0.4, -0.2) is 73.2 Å². The number of nitrogens with zero attached hydrogens (tertiary/aromatic N) is 2. The number of rotatable bonds is 11. The molecule has 3 rings (SSSR count). The number of benzene rings is 2. The summed E-state index contributed by atoms with van der Waals surface area (Å²) in [5.74, 6) is 0.299. The summed E-state index contributed by atoms with van der Waals surface area (Å²) < 4.78 is 63.6. The third kappa shape index (κ3) is 7.11. The average Bonchev–Trinajstić information content (AvgIpc) is 2.85. The molecule has 0 radical (unpaired) electrons. The second-order valence-corrected chi connectivity index (χ2v) is 12.4. The summed E-state index contributed by atoms with van der Waals surface area (Å²) in [6.07, 6.45) is 3.81. The van der Waals surface area contributed by atoms with Crippen molar-refractivity contribution in [2.45, 2.75) is 31.1 Å². The van der Waals surface area contributed by atoms with Crippen molar-refractivity contribution in [3.05, 3.63) is 48.0 Å². The first-order valence-corrected chi connectivity index (χ1v) is 14.9. The zero-order valence-corrected chi connectivity index (χ0v) is 22.4. The summed E-state index contributed by atoms with van der Waals surface area (Å²) in [6.45, 7) is 2.73. The fraction of sp³-hybridized carbons (Fsp3) is 0.458. The molecule has 10 nitrogen and oxygen atoms in total. The first-order chi connectivity index (χ1) is 17.0.